The van der Waals surface area contributed by atoms with E-state index in [0.29, 0.717) is 12.3 Å². The maximum atomic E-state index is 12.3. The monoisotopic (exact) mass is 397 g/mol. The van der Waals surface area contributed by atoms with Gasteiger partial charge < -0.3 is 10.1 Å². The number of nitrogens with zero attached hydrogens (tertiary/aromatic N) is 2. The van der Waals surface area contributed by atoms with Gasteiger partial charge in [0.15, 0.2) is 0 Å². The van der Waals surface area contributed by atoms with Crippen LogP contribution < -0.4 is 5.32 Å². The fraction of sp³-hybridized carbons (Fsp3) is 0.588. The second-order valence-electron chi connectivity index (χ2n) is 6.44. The van der Waals surface area contributed by atoms with Crippen LogP contribution in [0, 0.1) is 10.1 Å². The van der Waals surface area contributed by atoms with Gasteiger partial charge in [-0.05, 0) is 24.3 Å². The van der Waals surface area contributed by atoms with Gasteiger partial charge in [-0.1, -0.05) is 0 Å². The predicted molar refractivity (Wildman–Crippen MR) is 104 cm³/mol. The van der Waals surface area contributed by atoms with Crippen LogP contribution in [0.2, 0.25) is 0 Å². The van der Waals surface area contributed by atoms with Gasteiger partial charge in [-0.2, -0.15) is 11.8 Å². The molecule has 0 aliphatic carbocycles. The number of hydrogen-bond donors (Lipinski definition) is 1. The topological polar surface area (TPSA) is 84.7 Å². The molecular formula is C17H23N3O4S2. The molecule has 2 saturated heterocycles. The Morgan fingerprint density at radius 2 is 2.08 bits per heavy atom. The zero-order valence-corrected chi connectivity index (χ0v) is 16.2. The summed E-state index contributed by atoms with van der Waals surface area (Å²) in [4.78, 5) is 25.9. The highest BCUT2D eigenvalue weighted by Gasteiger charge is 2.40. The molecule has 0 unspecified atom stereocenters. The Hall–Kier alpha value is -1.29. The molecule has 26 heavy (non-hydrogen) atoms. The summed E-state index contributed by atoms with van der Waals surface area (Å²) in [5.41, 5.74) is 0.104. The van der Waals surface area contributed by atoms with E-state index in [1.54, 1.807) is 12.1 Å². The summed E-state index contributed by atoms with van der Waals surface area (Å²) in [6.45, 7) is 4.04. The number of ether oxygens (including phenoxy) is 1. The van der Waals surface area contributed by atoms with Gasteiger partial charge in [0, 0.05) is 48.0 Å². The van der Waals surface area contributed by atoms with Crippen molar-refractivity contribution in [3.63, 3.8) is 0 Å². The third-order valence-electron chi connectivity index (χ3n) is 4.80. The second kappa shape index (κ2) is 9.07. The Bertz CT molecular complexity index is 629. The third kappa shape index (κ3) is 4.91. The van der Waals surface area contributed by atoms with Gasteiger partial charge in [-0.15, -0.1) is 11.8 Å². The van der Waals surface area contributed by atoms with Crippen molar-refractivity contribution >= 4 is 35.1 Å². The van der Waals surface area contributed by atoms with Crippen LogP contribution in [0.3, 0.4) is 0 Å². The highest BCUT2D eigenvalue weighted by atomic mass is 32.2. The van der Waals surface area contributed by atoms with Crippen LogP contribution >= 0.6 is 23.5 Å². The minimum Gasteiger partial charge on any atom is -0.379 e. The lowest BCUT2D eigenvalue weighted by atomic mass is 9.95. The average Bonchev–Trinajstić information content (AvgIpc) is 3.16. The Morgan fingerprint density at radius 1 is 1.35 bits per heavy atom. The van der Waals surface area contributed by atoms with Gasteiger partial charge in [0.05, 0.1) is 23.9 Å². The molecule has 1 amide bonds. The standard InChI is InChI=1S/C17H23N3O4S2/c21-16(11-26-15-3-1-14(2-4-15)20(22)23)18-12-17(5-10-25-13-17)19-6-8-24-9-7-19/h1-4H,5-13H2,(H,18,21)/t17-/m0/s1. The smallest absolute Gasteiger partial charge is 0.269 e. The molecule has 2 aliphatic rings. The maximum Gasteiger partial charge on any atom is 0.269 e. The van der Waals surface area contributed by atoms with E-state index in [9.17, 15) is 14.9 Å². The van der Waals surface area contributed by atoms with Crippen molar-refractivity contribution in [3.8, 4) is 0 Å². The van der Waals surface area contributed by atoms with Crippen LogP contribution in [0.1, 0.15) is 6.42 Å². The minimum atomic E-state index is -0.425. The number of carbonyl (C=O) groups is 1. The van der Waals surface area contributed by atoms with E-state index < -0.39 is 4.92 Å². The molecule has 0 radical (unpaired) electrons. The number of thioether (sulfide) groups is 2. The molecule has 1 atom stereocenters. The van der Waals surface area contributed by atoms with Crippen LogP contribution in [0.25, 0.3) is 0 Å². The van der Waals surface area contributed by atoms with Gasteiger partial charge in [-0.3, -0.25) is 19.8 Å². The molecule has 1 N–H and O–H groups in total. The molecule has 2 fully saturated rings. The zero-order valence-electron chi connectivity index (χ0n) is 14.5. The molecule has 2 heterocycles. The number of nitro groups is 1. The molecule has 0 bridgehead atoms. The Kier molecular flexibility index (Phi) is 6.80. The number of morpholine rings is 1. The second-order valence-corrected chi connectivity index (χ2v) is 8.60. The van der Waals surface area contributed by atoms with E-state index in [-0.39, 0.29) is 17.1 Å². The lowest BCUT2D eigenvalue weighted by Crippen LogP contribution is -2.59. The summed E-state index contributed by atoms with van der Waals surface area (Å²) >= 11 is 3.34. The van der Waals surface area contributed by atoms with Gasteiger partial charge >= 0.3 is 0 Å². The van der Waals surface area contributed by atoms with Crippen LogP contribution in [-0.2, 0) is 9.53 Å². The fourth-order valence-electron chi connectivity index (χ4n) is 3.26. The van der Waals surface area contributed by atoms with Crippen molar-refractivity contribution < 1.29 is 14.5 Å². The first kappa shape index (κ1) is 19.5. The number of amides is 1. The third-order valence-corrected chi connectivity index (χ3v) is 7.04. The summed E-state index contributed by atoms with van der Waals surface area (Å²) < 4.78 is 5.46. The Labute approximate surface area is 161 Å². The quantitative estimate of drug-likeness (QED) is 0.428. The number of benzene rings is 1. The molecule has 0 spiro atoms. The number of nitro benzene ring substituents is 1. The fourth-order valence-corrected chi connectivity index (χ4v) is 5.47. The van der Waals surface area contributed by atoms with Gasteiger partial charge in [-0.25, -0.2) is 0 Å². The molecule has 7 nitrogen and oxygen atoms in total. The van der Waals surface area contributed by atoms with Crippen molar-refractivity contribution in [1.82, 2.24) is 10.2 Å². The van der Waals surface area contributed by atoms with E-state index in [1.165, 1.54) is 23.9 Å². The summed E-state index contributed by atoms with van der Waals surface area (Å²) in [6, 6.07) is 6.28. The average molecular weight is 398 g/mol. The lowest BCUT2D eigenvalue weighted by molar-refractivity contribution is -0.384. The van der Waals surface area contributed by atoms with Crippen LogP contribution in [0.5, 0.6) is 0 Å². The van der Waals surface area contributed by atoms with E-state index in [1.807, 2.05) is 11.8 Å². The van der Waals surface area contributed by atoms with E-state index in [4.69, 9.17) is 4.74 Å². The largest absolute Gasteiger partial charge is 0.379 e. The molecule has 0 aromatic heterocycles. The highest BCUT2D eigenvalue weighted by Crippen LogP contribution is 2.33. The minimum absolute atomic E-state index is 0.00196. The number of rotatable bonds is 7. The summed E-state index contributed by atoms with van der Waals surface area (Å²) in [5.74, 6) is 2.48. The molecule has 3 rings (SSSR count). The summed E-state index contributed by atoms with van der Waals surface area (Å²) in [7, 11) is 0. The normalized spacial score (nSPS) is 23.7. The van der Waals surface area contributed by atoms with Crippen molar-refractivity contribution in [3.05, 3.63) is 34.4 Å². The van der Waals surface area contributed by atoms with E-state index in [0.717, 1.165) is 49.1 Å². The predicted octanol–water partition coefficient (Wildman–Crippen LogP) is 2.01. The van der Waals surface area contributed by atoms with Crippen molar-refractivity contribution in [1.29, 1.82) is 0 Å². The summed E-state index contributed by atoms with van der Waals surface area (Å²) in [6.07, 6.45) is 1.09. The first-order chi connectivity index (χ1) is 12.6. The molecule has 9 heteroatoms. The molecular weight excluding hydrogens is 374 g/mol. The first-order valence-electron chi connectivity index (χ1n) is 8.64. The van der Waals surface area contributed by atoms with Crippen molar-refractivity contribution in [2.45, 2.75) is 16.9 Å². The molecule has 2 aliphatic heterocycles. The summed E-state index contributed by atoms with van der Waals surface area (Å²) in [5, 5.41) is 13.8. The van der Waals surface area contributed by atoms with Gasteiger partial charge in [0.1, 0.15) is 0 Å². The van der Waals surface area contributed by atoms with E-state index >= 15 is 0 Å². The first-order valence-corrected chi connectivity index (χ1v) is 10.8. The van der Waals surface area contributed by atoms with Crippen molar-refractivity contribution in [2.24, 2.45) is 0 Å². The van der Waals surface area contributed by atoms with Crippen LogP contribution in [0.15, 0.2) is 29.2 Å². The number of hydrogen-bond acceptors (Lipinski definition) is 7. The number of non-ortho nitro benzene ring substituents is 1. The van der Waals surface area contributed by atoms with Crippen LogP contribution in [0.4, 0.5) is 5.69 Å². The maximum absolute atomic E-state index is 12.3. The zero-order chi connectivity index (χ0) is 18.4. The molecule has 0 saturated carbocycles. The SMILES string of the molecule is O=C(CSc1ccc([N+](=O)[O-])cc1)NC[C@@]1(N2CCOCC2)CCSC1. The van der Waals surface area contributed by atoms with E-state index in [2.05, 4.69) is 10.2 Å². The van der Waals surface area contributed by atoms with Gasteiger partial charge in [0.25, 0.3) is 5.69 Å². The lowest BCUT2D eigenvalue weighted by Gasteiger charge is -2.43. The molecule has 1 aromatic rings. The Balaban J connectivity index is 1.48. The molecule has 142 valence electrons. The molecule has 1 aromatic carbocycles. The number of carbonyl (C=O) groups excluding carboxylic acids is 1. The van der Waals surface area contributed by atoms with Crippen LogP contribution in [-0.4, -0.2) is 71.4 Å². The highest BCUT2D eigenvalue weighted by molar-refractivity contribution is 8.00. The number of nitrogens with one attached hydrogen (secondary N) is 1. The Morgan fingerprint density at radius 3 is 2.69 bits per heavy atom. The van der Waals surface area contributed by atoms with Gasteiger partial charge in [0.2, 0.25) is 5.91 Å². The van der Waals surface area contributed by atoms with Crippen molar-refractivity contribution in [2.75, 3.05) is 50.1 Å².